The van der Waals surface area contributed by atoms with Crippen molar-refractivity contribution in [2.45, 2.75) is 19.4 Å². The standard InChI is InChI=1S/C26H31N5O7/c1-2-37-26(36)18-5-7-19(8-6-18)28-22(32)16-20-24(34)27-9-10-31(20)23(33)17-29-11-13-30(14-12-29)25(35)21-4-3-15-38-21/h3-8,15,20H,2,9-14,16-17H2,1H3,(H,27,34)(H,28,32). The maximum absolute atomic E-state index is 13.2. The van der Waals surface area contributed by atoms with E-state index in [1.54, 1.807) is 48.2 Å². The van der Waals surface area contributed by atoms with E-state index in [4.69, 9.17) is 9.15 Å². The van der Waals surface area contributed by atoms with Gasteiger partial charge in [0.05, 0.1) is 31.4 Å². The number of rotatable bonds is 8. The van der Waals surface area contributed by atoms with Crippen molar-refractivity contribution < 1.29 is 33.1 Å². The molecule has 1 atom stereocenters. The zero-order valence-electron chi connectivity index (χ0n) is 21.2. The molecule has 2 fully saturated rings. The van der Waals surface area contributed by atoms with E-state index in [1.807, 2.05) is 4.90 Å². The van der Waals surface area contributed by atoms with Gasteiger partial charge in [0.2, 0.25) is 17.7 Å². The van der Waals surface area contributed by atoms with Gasteiger partial charge in [-0.2, -0.15) is 0 Å². The lowest BCUT2D eigenvalue weighted by molar-refractivity contribution is -0.145. The van der Waals surface area contributed by atoms with Crippen LogP contribution in [0, 0.1) is 0 Å². The lowest BCUT2D eigenvalue weighted by atomic mass is 10.1. The van der Waals surface area contributed by atoms with E-state index >= 15 is 0 Å². The second kappa shape index (κ2) is 12.4. The highest BCUT2D eigenvalue weighted by Gasteiger charge is 2.35. The van der Waals surface area contributed by atoms with Crippen LogP contribution in [0.15, 0.2) is 47.1 Å². The number of furan rings is 1. The number of anilines is 1. The summed E-state index contributed by atoms with van der Waals surface area (Å²) in [5.74, 6) is -1.42. The van der Waals surface area contributed by atoms with Gasteiger partial charge in [-0.1, -0.05) is 0 Å². The van der Waals surface area contributed by atoms with Crippen molar-refractivity contribution in [3.8, 4) is 0 Å². The summed E-state index contributed by atoms with van der Waals surface area (Å²) in [5.41, 5.74) is 0.818. The van der Waals surface area contributed by atoms with Crippen LogP contribution in [0.25, 0.3) is 0 Å². The van der Waals surface area contributed by atoms with Gasteiger partial charge in [0.15, 0.2) is 5.76 Å². The molecule has 4 amide bonds. The second-order valence-electron chi connectivity index (χ2n) is 8.99. The van der Waals surface area contributed by atoms with Gasteiger partial charge in [0, 0.05) is 45.0 Å². The first-order chi connectivity index (χ1) is 18.4. The van der Waals surface area contributed by atoms with Crippen LogP contribution in [-0.4, -0.2) is 103 Å². The molecule has 0 spiro atoms. The third kappa shape index (κ3) is 6.57. The molecule has 1 aromatic carbocycles. The van der Waals surface area contributed by atoms with Crippen LogP contribution in [0.2, 0.25) is 0 Å². The van der Waals surface area contributed by atoms with E-state index in [-0.39, 0.29) is 43.1 Å². The number of piperazine rings is 2. The quantitative estimate of drug-likeness (QED) is 0.477. The lowest BCUT2D eigenvalue weighted by Gasteiger charge is -2.38. The van der Waals surface area contributed by atoms with Gasteiger partial charge in [-0.15, -0.1) is 0 Å². The Hall–Kier alpha value is -4.19. The molecule has 1 unspecified atom stereocenters. The summed E-state index contributed by atoms with van der Waals surface area (Å²) in [7, 11) is 0. The Morgan fingerprint density at radius 3 is 2.45 bits per heavy atom. The molecule has 2 aliphatic heterocycles. The van der Waals surface area contributed by atoms with Crippen LogP contribution in [0.1, 0.15) is 34.3 Å². The average molecular weight is 526 g/mol. The summed E-state index contributed by atoms with van der Waals surface area (Å²) < 4.78 is 10.1. The number of esters is 1. The Balaban J connectivity index is 1.30. The number of benzene rings is 1. The third-order valence-electron chi connectivity index (χ3n) is 6.46. The Morgan fingerprint density at radius 1 is 1.05 bits per heavy atom. The first-order valence-electron chi connectivity index (χ1n) is 12.5. The van der Waals surface area contributed by atoms with E-state index < -0.39 is 17.9 Å². The Kier molecular flexibility index (Phi) is 8.74. The highest BCUT2D eigenvalue weighted by molar-refractivity contribution is 5.98. The van der Waals surface area contributed by atoms with Crippen LogP contribution in [-0.2, 0) is 19.1 Å². The van der Waals surface area contributed by atoms with Crippen molar-refractivity contribution in [1.29, 1.82) is 0 Å². The summed E-state index contributed by atoms with van der Waals surface area (Å²) in [6, 6.07) is 8.58. The fourth-order valence-electron chi connectivity index (χ4n) is 4.46. The molecular weight excluding hydrogens is 494 g/mol. The van der Waals surface area contributed by atoms with Gasteiger partial charge in [-0.3, -0.25) is 24.1 Å². The zero-order valence-corrected chi connectivity index (χ0v) is 21.2. The van der Waals surface area contributed by atoms with E-state index in [9.17, 15) is 24.0 Å². The molecule has 0 radical (unpaired) electrons. The summed E-state index contributed by atoms with van der Waals surface area (Å²) in [4.78, 5) is 67.8. The normalized spacial score (nSPS) is 18.0. The first kappa shape index (κ1) is 26.9. The number of nitrogens with zero attached hydrogens (tertiary/aromatic N) is 3. The first-order valence-corrected chi connectivity index (χ1v) is 12.5. The van der Waals surface area contributed by atoms with Gasteiger partial charge in [0.1, 0.15) is 6.04 Å². The zero-order chi connectivity index (χ0) is 27.1. The van der Waals surface area contributed by atoms with Gasteiger partial charge in [-0.25, -0.2) is 4.79 Å². The van der Waals surface area contributed by atoms with Crippen LogP contribution >= 0.6 is 0 Å². The molecule has 202 valence electrons. The molecule has 2 aromatic rings. The Morgan fingerprint density at radius 2 is 1.79 bits per heavy atom. The molecule has 2 aliphatic rings. The van der Waals surface area contributed by atoms with Crippen molar-refractivity contribution >= 4 is 35.3 Å². The highest BCUT2D eigenvalue weighted by atomic mass is 16.5. The molecule has 38 heavy (non-hydrogen) atoms. The van der Waals surface area contributed by atoms with Gasteiger partial charge in [-0.05, 0) is 43.3 Å². The van der Waals surface area contributed by atoms with Gasteiger partial charge in [0.25, 0.3) is 5.91 Å². The predicted octanol–water partition coefficient (Wildman–Crippen LogP) is 0.570. The summed E-state index contributed by atoms with van der Waals surface area (Å²) >= 11 is 0. The number of hydrogen-bond donors (Lipinski definition) is 2. The molecule has 0 saturated carbocycles. The lowest BCUT2D eigenvalue weighted by Crippen LogP contribution is -2.60. The smallest absolute Gasteiger partial charge is 0.338 e. The van der Waals surface area contributed by atoms with Crippen molar-refractivity contribution in [2.75, 3.05) is 57.7 Å². The minimum atomic E-state index is -0.933. The number of amides is 4. The highest BCUT2D eigenvalue weighted by Crippen LogP contribution is 2.15. The molecule has 1 aromatic heterocycles. The molecule has 2 N–H and O–H groups in total. The minimum absolute atomic E-state index is 0.0868. The maximum Gasteiger partial charge on any atom is 0.338 e. The Labute approximate surface area is 219 Å². The van der Waals surface area contributed by atoms with Gasteiger partial charge >= 0.3 is 5.97 Å². The number of nitrogens with one attached hydrogen (secondary N) is 2. The Bertz CT molecular complexity index is 1160. The van der Waals surface area contributed by atoms with Gasteiger partial charge < -0.3 is 29.6 Å². The van der Waals surface area contributed by atoms with Crippen LogP contribution in [0.5, 0.6) is 0 Å². The average Bonchev–Trinajstić information content (AvgIpc) is 3.45. The van der Waals surface area contributed by atoms with Crippen molar-refractivity contribution in [3.05, 3.63) is 54.0 Å². The molecule has 0 aliphatic carbocycles. The monoisotopic (exact) mass is 525 g/mol. The summed E-state index contributed by atoms with van der Waals surface area (Å²) in [5, 5.41) is 5.43. The molecule has 0 bridgehead atoms. The summed E-state index contributed by atoms with van der Waals surface area (Å²) in [6.45, 7) is 4.59. The van der Waals surface area contributed by atoms with Crippen molar-refractivity contribution in [2.24, 2.45) is 0 Å². The van der Waals surface area contributed by atoms with Crippen LogP contribution in [0.3, 0.4) is 0 Å². The molecule has 2 saturated heterocycles. The number of hydrogen-bond acceptors (Lipinski definition) is 8. The van der Waals surface area contributed by atoms with E-state index in [2.05, 4.69) is 10.6 Å². The number of carbonyl (C=O) groups is 5. The van der Waals surface area contributed by atoms with Crippen molar-refractivity contribution in [1.82, 2.24) is 20.0 Å². The van der Waals surface area contributed by atoms with E-state index in [0.717, 1.165) is 0 Å². The van der Waals surface area contributed by atoms with E-state index in [1.165, 1.54) is 11.2 Å². The second-order valence-corrected chi connectivity index (χ2v) is 8.99. The molecule has 12 nitrogen and oxygen atoms in total. The number of carbonyl (C=O) groups excluding carboxylic acids is 5. The molecule has 3 heterocycles. The minimum Gasteiger partial charge on any atom is -0.462 e. The third-order valence-corrected chi connectivity index (χ3v) is 6.46. The predicted molar refractivity (Wildman–Crippen MR) is 135 cm³/mol. The fourth-order valence-corrected chi connectivity index (χ4v) is 4.46. The molecular formula is C26H31N5O7. The van der Waals surface area contributed by atoms with Crippen molar-refractivity contribution in [3.63, 3.8) is 0 Å². The van der Waals surface area contributed by atoms with Crippen LogP contribution in [0.4, 0.5) is 5.69 Å². The van der Waals surface area contributed by atoms with E-state index in [0.29, 0.717) is 50.5 Å². The summed E-state index contributed by atoms with van der Waals surface area (Å²) in [6.07, 6.45) is 1.25. The van der Waals surface area contributed by atoms with Crippen LogP contribution < -0.4 is 10.6 Å². The molecule has 4 rings (SSSR count). The fraction of sp³-hybridized carbons (Fsp3) is 0.423. The topological polar surface area (TPSA) is 142 Å². The maximum atomic E-state index is 13.2. The SMILES string of the molecule is CCOC(=O)c1ccc(NC(=O)CC2C(=O)NCCN2C(=O)CN2CCN(C(=O)c3ccco3)CC2)cc1. The largest absolute Gasteiger partial charge is 0.462 e. The molecule has 12 heteroatoms. The number of ether oxygens (including phenoxy) is 1.